The molecule has 0 radical (unpaired) electrons. The van der Waals surface area contributed by atoms with Crippen LogP contribution in [0.1, 0.15) is 26.4 Å². The van der Waals surface area contributed by atoms with Crippen LogP contribution in [0, 0.1) is 0 Å². The molecule has 25 heavy (non-hydrogen) atoms. The first kappa shape index (κ1) is 17.1. The SMILES string of the molecule is O=C(Nc1ccccc1C(=O)OCc1nnsc1Cl)c1ccccc1. The van der Waals surface area contributed by atoms with Crippen LogP contribution in [-0.4, -0.2) is 21.5 Å². The Morgan fingerprint density at radius 1 is 1.08 bits per heavy atom. The van der Waals surface area contributed by atoms with Crippen molar-refractivity contribution in [3.8, 4) is 0 Å². The van der Waals surface area contributed by atoms with Crippen molar-refractivity contribution in [2.75, 3.05) is 5.32 Å². The topological polar surface area (TPSA) is 81.2 Å². The van der Waals surface area contributed by atoms with Crippen LogP contribution >= 0.6 is 23.1 Å². The molecule has 1 aromatic heterocycles. The van der Waals surface area contributed by atoms with Crippen molar-refractivity contribution in [1.29, 1.82) is 0 Å². The number of carbonyl (C=O) groups is 2. The third-order valence-corrected chi connectivity index (χ3v) is 4.26. The maximum Gasteiger partial charge on any atom is 0.340 e. The molecule has 1 N–H and O–H groups in total. The predicted octanol–water partition coefficient (Wildman–Crippen LogP) is 3.80. The van der Waals surface area contributed by atoms with Gasteiger partial charge in [0.25, 0.3) is 5.91 Å². The Morgan fingerprint density at radius 2 is 1.80 bits per heavy atom. The molecular formula is C17H12ClN3O3S. The highest BCUT2D eigenvalue weighted by atomic mass is 35.5. The maximum absolute atomic E-state index is 12.3. The van der Waals surface area contributed by atoms with Gasteiger partial charge in [-0.25, -0.2) is 4.79 Å². The minimum Gasteiger partial charge on any atom is -0.455 e. The summed E-state index contributed by atoms with van der Waals surface area (Å²) < 4.78 is 9.26. The zero-order chi connectivity index (χ0) is 17.6. The zero-order valence-corrected chi connectivity index (χ0v) is 14.4. The number of nitrogens with one attached hydrogen (secondary N) is 1. The van der Waals surface area contributed by atoms with Crippen molar-refractivity contribution >= 4 is 40.7 Å². The number of aromatic nitrogens is 2. The van der Waals surface area contributed by atoms with Gasteiger partial charge in [-0.05, 0) is 24.3 Å². The number of rotatable bonds is 5. The third kappa shape index (κ3) is 4.20. The summed E-state index contributed by atoms with van der Waals surface area (Å²) in [6, 6.07) is 15.3. The van der Waals surface area contributed by atoms with Crippen LogP contribution in [0.4, 0.5) is 5.69 Å². The van der Waals surface area contributed by atoms with Crippen LogP contribution in [0.15, 0.2) is 54.6 Å². The van der Waals surface area contributed by atoms with Crippen molar-refractivity contribution in [2.45, 2.75) is 6.61 Å². The molecule has 6 nitrogen and oxygen atoms in total. The summed E-state index contributed by atoms with van der Waals surface area (Å²) in [5.74, 6) is -0.902. The first-order valence-corrected chi connectivity index (χ1v) is 8.39. The van der Waals surface area contributed by atoms with Gasteiger partial charge in [-0.3, -0.25) is 4.79 Å². The molecule has 0 saturated carbocycles. The number of hydrogen-bond acceptors (Lipinski definition) is 6. The molecule has 0 fully saturated rings. The van der Waals surface area contributed by atoms with E-state index in [2.05, 4.69) is 14.9 Å². The van der Waals surface area contributed by atoms with Crippen LogP contribution in [0.3, 0.4) is 0 Å². The second-order valence-electron chi connectivity index (χ2n) is 4.94. The Balaban J connectivity index is 1.73. The molecule has 0 atom stereocenters. The summed E-state index contributed by atoms with van der Waals surface area (Å²) in [5, 5.41) is 6.50. The van der Waals surface area contributed by atoms with E-state index < -0.39 is 5.97 Å². The minimum absolute atomic E-state index is 0.0882. The van der Waals surface area contributed by atoms with Gasteiger partial charge in [0, 0.05) is 17.1 Å². The van der Waals surface area contributed by atoms with Gasteiger partial charge in [0.05, 0.1) is 11.3 Å². The van der Waals surface area contributed by atoms with Crippen molar-refractivity contribution in [3.63, 3.8) is 0 Å². The lowest BCUT2D eigenvalue weighted by Crippen LogP contribution is -2.15. The monoisotopic (exact) mass is 373 g/mol. The van der Waals surface area contributed by atoms with E-state index in [1.165, 1.54) is 0 Å². The van der Waals surface area contributed by atoms with Gasteiger partial charge >= 0.3 is 5.97 Å². The van der Waals surface area contributed by atoms with Crippen molar-refractivity contribution in [1.82, 2.24) is 9.59 Å². The molecule has 0 aliphatic carbocycles. The first-order chi connectivity index (χ1) is 12.1. The van der Waals surface area contributed by atoms with E-state index in [-0.39, 0.29) is 18.1 Å². The number of para-hydroxylation sites is 1. The van der Waals surface area contributed by atoms with Gasteiger partial charge in [-0.2, -0.15) is 0 Å². The zero-order valence-electron chi connectivity index (χ0n) is 12.8. The molecule has 3 aromatic rings. The third-order valence-electron chi connectivity index (χ3n) is 3.28. The number of nitrogens with zero attached hydrogens (tertiary/aromatic N) is 2. The van der Waals surface area contributed by atoms with Crippen molar-refractivity contribution < 1.29 is 14.3 Å². The molecule has 0 saturated heterocycles. The Morgan fingerprint density at radius 3 is 2.52 bits per heavy atom. The molecule has 1 heterocycles. The summed E-state index contributed by atoms with van der Waals surface area (Å²) in [6.45, 7) is -0.0882. The normalized spacial score (nSPS) is 10.3. The first-order valence-electron chi connectivity index (χ1n) is 7.24. The number of ether oxygens (including phenoxy) is 1. The highest BCUT2D eigenvalue weighted by molar-refractivity contribution is 7.10. The fraction of sp³-hybridized carbons (Fsp3) is 0.0588. The van der Waals surface area contributed by atoms with E-state index >= 15 is 0 Å². The van der Waals surface area contributed by atoms with E-state index in [0.29, 0.717) is 21.3 Å². The Bertz CT molecular complexity index is 899. The van der Waals surface area contributed by atoms with Crippen LogP contribution in [0.2, 0.25) is 4.34 Å². The number of anilines is 1. The molecule has 126 valence electrons. The Hall–Kier alpha value is -2.77. The van der Waals surface area contributed by atoms with E-state index in [9.17, 15) is 9.59 Å². The van der Waals surface area contributed by atoms with E-state index in [0.717, 1.165) is 11.5 Å². The Labute approximate surface area is 152 Å². The van der Waals surface area contributed by atoms with Crippen molar-refractivity contribution in [3.05, 3.63) is 75.8 Å². The van der Waals surface area contributed by atoms with Gasteiger partial charge in [0.1, 0.15) is 16.6 Å². The van der Waals surface area contributed by atoms with Gasteiger partial charge in [0.15, 0.2) is 0 Å². The number of halogens is 1. The second-order valence-corrected chi connectivity index (χ2v) is 6.29. The summed E-state index contributed by atoms with van der Waals surface area (Å²) >= 11 is 6.90. The number of hydrogen-bond donors (Lipinski definition) is 1. The molecule has 0 unspecified atom stereocenters. The average Bonchev–Trinajstić information content (AvgIpc) is 3.06. The highest BCUT2D eigenvalue weighted by Gasteiger charge is 2.16. The van der Waals surface area contributed by atoms with Gasteiger partial charge in [-0.15, -0.1) is 5.10 Å². The fourth-order valence-corrected chi connectivity index (χ4v) is 2.65. The highest BCUT2D eigenvalue weighted by Crippen LogP contribution is 2.21. The molecule has 1 amide bonds. The molecule has 0 bridgehead atoms. The lowest BCUT2D eigenvalue weighted by atomic mass is 10.1. The summed E-state index contributed by atoms with van der Waals surface area (Å²) in [7, 11) is 0. The molecule has 3 rings (SSSR count). The van der Waals surface area contributed by atoms with Gasteiger partial charge < -0.3 is 10.1 Å². The summed E-state index contributed by atoms with van der Waals surface area (Å²) in [4.78, 5) is 24.6. The van der Waals surface area contributed by atoms with Crippen molar-refractivity contribution in [2.24, 2.45) is 0 Å². The fourth-order valence-electron chi connectivity index (χ4n) is 2.05. The quantitative estimate of drug-likeness (QED) is 0.688. The lowest BCUT2D eigenvalue weighted by Gasteiger charge is -2.10. The molecule has 2 aromatic carbocycles. The summed E-state index contributed by atoms with van der Waals surface area (Å²) in [6.07, 6.45) is 0. The maximum atomic E-state index is 12.3. The second kappa shape index (κ2) is 7.87. The van der Waals surface area contributed by atoms with E-state index in [1.807, 2.05) is 6.07 Å². The molecule has 0 aliphatic heterocycles. The van der Waals surface area contributed by atoms with E-state index in [1.54, 1.807) is 48.5 Å². The smallest absolute Gasteiger partial charge is 0.340 e. The number of benzene rings is 2. The number of esters is 1. The molecule has 8 heteroatoms. The molecular weight excluding hydrogens is 362 g/mol. The molecule has 0 aliphatic rings. The lowest BCUT2D eigenvalue weighted by molar-refractivity contribution is 0.0469. The van der Waals surface area contributed by atoms with Crippen LogP contribution in [0.25, 0.3) is 0 Å². The van der Waals surface area contributed by atoms with Crippen LogP contribution in [0.5, 0.6) is 0 Å². The van der Waals surface area contributed by atoms with Crippen LogP contribution < -0.4 is 5.32 Å². The predicted molar refractivity (Wildman–Crippen MR) is 94.9 cm³/mol. The average molecular weight is 374 g/mol. The number of amides is 1. The standard InChI is InChI=1S/C17H12ClN3O3S/c18-15-14(20-21-25-15)10-24-17(23)12-8-4-5-9-13(12)19-16(22)11-6-2-1-3-7-11/h1-9H,10H2,(H,19,22). The largest absolute Gasteiger partial charge is 0.455 e. The number of carbonyl (C=O) groups excluding carboxylic acids is 2. The van der Waals surface area contributed by atoms with Crippen LogP contribution in [-0.2, 0) is 11.3 Å². The minimum atomic E-state index is -0.590. The summed E-state index contributed by atoms with van der Waals surface area (Å²) in [5.41, 5.74) is 1.49. The molecule has 0 spiro atoms. The van der Waals surface area contributed by atoms with E-state index in [4.69, 9.17) is 16.3 Å². The van der Waals surface area contributed by atoms with Gasteiger partial charge in [0.2, 0.25) is 0 Å². The van der Waals surface area contributed by atoms with Gasteiger partial charge in [-0.1, -0.05) is 46.4 Å². The Kier molecular flexibility index (Phi) is 5.37.